The zero-order valence-electron chi connectivity index (χ0n) is 17.7. The Morgan fingerprint density at radius 2 is 1.97 bits per heavy atom. The molecule has 0 unspecified atom stereocenters. The van der Waals surface area contributed by atoms with Crippen molar-refractivity contribution in [1.29, 1.82) is 0 Å². The number of aromatic nitrogens is 3. The maximum Gasteiger partial charge on any atom is 0.354 e. The van der Waals surface area contributed by atoms with E-state index in [1.807, 2.05) is 34.9 Å². The van der Waals surface area contributed by atoms with Crippen LogP contribution in [0.15, 0.2) is 46.2 Å². The third-order valence-electron chi connectivity index (χ3n) is 5.52. The van der Waals surface area contributed by atoms with Gasteiger partial charge in [0.15, 0.2) is 11.6 Å². The molecule has 0 bridgehead atoms. The zero-order valence-corrected chi connectivity index (χ0v) is 18.5. The number of aryl methyl sites for hydroxylation is 1. The number of furan rings is 1. The van der Waals surface area contributed by atoms with Crippen molar-refractivity contribution in [2.24, 2.45) is 0 Å². The lowest BCUT2D eigenvalue weighted by Gasteiger charge is -2.33. The number of hydrogen-bond acceptors (Lipinski definition) is 7. The first kappa shape index (κ1) is 21.2. The summed E-state index contributed by atoms with van der Waals surface area (Å²) in [5.74, 6) is 0.640. The molecule has 31 heavy (non-hydrogen) atoms. The van der Waals surface area contributed by atoms with E-state index in [2.05, 4.69) is 9.97 Å². The molecule has 1 fully saturated rings. The van der Waals surface area contributed by atoms with E-state index in [9.17, 15) is 9.59 Å². The van der Waals surface area contributed by atoms with Crippen molar-refractivity contribution in [2.45, 2.75) is 30.8 Å². The van der Waals surface area contributed by atoms with Gasteiger partial charge < -0.3 is 18.6 Å². The number of likely N-dealkylation sites (tertiary alicyclic amines) is 1. The molecule has 0 aromatic carbocycles. The summed E-state index contributed by atoms with van der Waals surface area (Å²) >= 11 is 1.42. The number of carbonyl (C=O) groups excluding carboxylic acids is 2. The first-order chi connectivity index (χ1) is 15.0. The van der Waals surface area contributed by atoms with Crippen LogP contribution in [-0.2, 0) is 4.74 Å². The van der Waals surface area contributed by atoms with Crippen molar-refractivity contribution in [2.75, 3.05) is 26.5 Å². The molecule has 0 radical (unpaired) electrons. The Kier molecular flexibility index (Phi) is 6.13. The van der Waals surface area contributed by atoms with Gasteiger partial charge in [-0.15, -0.1) is 11.8 Å². The van der Waals surface area contributed by atoms with Gasteiger partial charge in [-0.2, -0.15) is 0 Å². The van der Waals surface area contributed by atoms with E-state index in [0.717, 1.165) is 12.8 Å². The quantitative estimate of drug-likeness (QED) is 0.338. The summed E-state index contributed by atoms with van der Waals surface area (Å²) in [6.45, 7) is 3.02. The van der Waals surface area contributed by atoms with Gasteiger partial charge in [0.05, 0.1) is 24.6 Å². The first-order valence-electron chi connectivity index (χ1n) is 10.0. The summed E-state index contributed by atoms with van der Waals surface area (Å²) in [6.07, 6.45) is 6.88. The Balaban J connectivity index is 1.52. The Bertz CT molecular complexity index is 1090. The molecule has 1 aliphatic heterocycles. The van der Waals surface area contributed by atoms with Crippen LogP contribution in [0, 0.1) is 6.92 Å². The van der Waals surface area contributed by atoms with Crippen molar-refractivity contribution in [3.8, 4) is 11.6 Å². The second-order valence-electron chi connectivity index (χ2n) is 7.31. The highest BCUT2D eigenvalue weighted by Gasteiger charge is 2.29. The molecule has 4 heterocycles. The molecular formula is C22H24N4O4S. The monoisotopic (exact) mass is 440 g/mol. The van der Waals surface area contributed by atoms with Crippen molar-refractivity contribution >= 4 is 23.6 Å². The average molecular weight is 441 g/mol. The molecule has 3 aromatic heterocycles. The van der Waals surface area contributed by atoms with Crippen LogP contribution in [0.2, 0.25) is 0 Å². The molecule has 1 aliphatic rings. The van der Waals surface area contributed by atoms with Crippen molar-refractivity contribution in [3.63, 3.8) is 0 Å². The molecule has 1 amide bonds. The topological polar surface area (TPSA) is 90.5 Å². The van der Waals surface area contributed by atoms with E-state index >= 15 is 0 Å². The molecule has 1 saturated heterocycles. The molecule has 0 spiro atoms. The number of ether oxygens (including phenoxy) is 1. The van der Waals surface area contributed by atoms with Gasteiger partial charge in [-0.25, -0.2) is 14.8 Å². The molecule has 9 heteroatoms. The normalized spacial score (nSPS) is 14.6. The van der Waals surface area contributed by atoms with Crippen LogP contribution in [0.5, 0.6) is 0 Å². The van der Waals surface area contributed by atoms with Crippen molar-refractivity contribution in [1.82, 2.24) is 19.4 Å². The SMILES string of the molecule is COC(=O)c1cccn1C1CCN(C(=O)c2c(C)nc(-c3ccco3)nc2SC)CC1. The molecule has 0 saturated carbocycles. The van der Waals surface area contributed by atoms with E-state index in [1.54, 1.807) is 24.5 Å². The molecular weight excluding hydrogens is 416 g/mol. The van der Waals surface area contributed by atoms with Gasteiger partial charge in [-0.3, -0.25) is 4.79 Å². The fraction of sp³-hybridized carbons (Fsp3) is 0.364. The fourth-order valence-corrected chi connectivity index (χ4v) is 4.57. The number of methoxy groups -OCH3 is 1. The van der Waals surface area contributed by atoms with Gasteiger partial charge in [0.2, 0.25) is 0 Å². The average Bonchev–Trinajstić information content (AvgIpc) is 3.50. The lowest BCUT2D eigenvalue weighted by Crippen LogP contribution is -2.40. The summed E-state index contributed by atoms with van der Waals surface area (Å²) in [7, 11) is 1.38. The number of amides is 1. The predicted molar refractivity (Wildman–Crippen MR) is 116 cm³/mol. The van der Waals surface area contributed by atoms with Gasteiger partial charge in [-0.1, -0.05) is 0 Å². The highest BCUT2D eigenvalue weighted by Crippen LogP contribution is 2.29. The minimum absolute atomic E-state index is 0.0630. The van der Waals surface area contributed by atoms with Gasteiger partial charge in [0.1, 0.15) is 10.7 Å². The number of piperidine rings is 1. The Labute approximate surface area is 184 Å². The molecule has 162 valence electrons. The molecule has 4 rings (SSSR count). The highest BCUT2D eigenvalue weighted by molar-refractivity contribution is 7.98. The smallest absolute Gasteiger partial charge is 0.354 e. The Morgan fingerprint density at radius 1 is 1.19 bits per heavy atom. The molecule has 0 atom stereocenters. The van der Waals surface area contributed by atoms with E-state index in [0.29, 0.717) is 46.7 Å². The van der Waals surface area contributed by atoms with Crippen molar-refractivity contribution in [3.05, 3.63) is 53.7 Å². The molecule has 0 aliphatic carbocycles. The molecule has 8 nitrogen and oxygen atoms in total. The third-order valence-corrected chi connectivity index (χ3v) is 6.21. The lowest BCUT2D eigenvalue weighted by molar-refractivity contribution is 0.0572. The molecule has 0 N–H and O–H groups in total. The zero-order chi connectivity index (χ0) is 22.0. The lowest BCUT2D eigenvalue weighted by atomic mass is 10.0. The Morgan fingerprint density at radius 3 is 2.61 bits per heavy atom. The first-order valence-corrected chi connectivity index (χ1v) is 11.3. The van der Waals surface area contributed by atoms with Crippen LogP contribution in [0.25, 0.3) is 11.6 Å². The number of rotatable bonds is 5. The van der Waals surface area contributed by atoms with Gasteiger partial charge in [0.25, 0.3) is 5.91 Å². The minimum Gasteiger partial charge on any atom is -0.464 e. The van der Waals surface area contributed by atoms with Crippen LogP contribution in [0.1, 0.15) is 45.4 Å². The number of hydrogen-bond donors (Lipinski definition) is 0. The van der Waals surface area contributed by atoms with Crippen LogP contribution in [-0.4, -0.2) is 57.8 Å². The fourth-order valence-electron chi connectivity index (χ4n) is 3.95. The minimum atomic E-state index is -0.350. The van der Waals surface area contributed by atoms with Crippen LogP contribution in [0.4, 0.5) is 0 Å². The van der Waals surface area contributed by atoms with E-state index in [4.69, 9.17) is 9.15 Å². The van der Waals surface area contributed by atoms with Gasteiger partial charge in [-0.05, 0) is 50.3 Å². The highest BCUT2D eigenvalue weighted by atomic mass is 32.2. The van der Waals surface area contributed by atoms with Gasteiger partial charge >= 0.3 is 5.97 Å². The number of thioether (sulfide) groups is 1. The standard InChI is InChI=1S/C22H24N4O4S/c1-14-18(20(31-3)24-19(23-14)17-7-5-13-30-17)21(27)25-11-8-15(9-12-25)26-10-4-6-16(26)22(28)29-2/h4-7,10,13,15H,8-9,11-12H2,1-3H3. The molecule has 3 aromatic rings. The Hall–Kier alpha value is -3.07. The van der Waals surface area contributed by atoms with Gasteiger partial charge in [0, 0.05) is 25.3 Å². The predicted octanol–water partition coefficient (Wildman–Crippen LogP) is 3.83. The summed E-state index contributed by atoms with van der Waals surface area (Å²) in [6, 6.07) is 7.33. The number of nitrogens with zero attached hydrogens (tertiary/aromatic N) is 4. The van der Waals surface area contributed by atoms with E-state index in [1.165, 1.54) is 18.9 Å². The van der Waals surface area contributed by atoms with Crippen LogP contribution >= 0.6 is 11.8 Å². The summed E-state index contributed by atoms with van der Waals surface area (Å²) in [4.78, 5) is 36.2. The van der Waals surface area contributed by atoms with Crippen molar-refractivity contribution < 1.29 is 18.7 Å². The van der Waals surface area contributed by atoms with E-state index < -0.39 is 0 Å². The summed E-state index contributed by atoms with van der Waals surface area (Å²) in [5, 5.41) is 0.643. The summed E-state index contributed by atoms with van der Waals surface area (Å²) < 4.78 is 12.2. The second kappa shape index (κ2) is 8.97. The summed E-state index contributed by atoms with van der Waals surface area (Å²) in [5.41, 5.74) is 1.71. The largest absolute Gasteiger partial charge is 0.464 e. The second-order valence-corrected chi connectivity index (χ2v) is 8.10. The number of esters is 1. The van der Waals surface area contributed by atoms with E-state index in [-0.39, 0.29) is 17.9 Å². The third kappa shape index (κ3) is 4.10. The number of carbonyl (C=O) groups is 2. The van der Waals surface area contributed by atoms with Crippen LogP contribution in [0.3, 0.4) is 0 Å². The maximum absolute atomic E-state index is 13.3. The maximum atomic E-state index is 13.3. The van der Waals surface area contributed by atoms with Crippen LogP contribution < -0.4 is 0 Å².